The summed E-state index contributed by atoms with van der Waals surface area (Å²) in [6.45, 7) is 0. The minimum absolute atomic E-state index is 0.854. The van der Waals surface area contributed by atoms with E-state index in [-0.39, 0.29) is 0 Å². The van der Waals surface area contributed by atoms with Gasteiger partial charge in [0, 0.05) is 27.4 Å². The Morgan fingerprint density at radius 1 is 0.288 bits per heavy atom. The lowest BCUT2D eigenvalue weighted by Gasteiger charge is -2.28. The maximum absolute atomic E-state index is 6.45. The fraction of sp³-hybridized carbons (Fsp3) is 0. The van der Waals surface area contributed by atoms with Crippen molar-refractivity contribution < 1.29 is 8.83 Å². The zero-order chi connectivity index (χ0) is 38.9. The third kappa shape index (κ3) is 5.59. The van der Waals surface area contributed by atoms with Crippen LogP contribution in [0.25, 0.3) is 98.8 Å². The van der Waals surface area contributed by atoms with Gasteiger partial charge < -0.3 is 13.7 Å². The summed E-state index contributed by atoms with van der Waals surface area (Å²) in [6.07, 6.45) is 0. The predicted octanol–water partition coefficient (Wildman–Crippen LogP) is 16.3. The maximum Gasteiger partial charge on any atom is 0.137 e. The molecule has 3 nitrogen and oxygen atoms in total. The van der Waals surface area contributed by atoms with E-state index in [0.29, 0.717) is 0 Å². The first-order valence-corrected chi connectivity index (χ1v) is 20.1. The van der Waals surface area contributed by atoms with Crippen molar-refractivity contribution in [3.05, 3.63) is 212 Å². The van der Waals surface area contributed by atoms with E-state index in [2.05, 4.69) is 205 Å². The van der Waals surface area contributed by atoms with Crippen LogP contribution in [0.4, 0.5) is 17.1 Å². The molecule has 0 aliphatic heterocycles. The minimum Gasteiger partial charge on any atom is -0.456 e. The number of benzene rings is 10. The monoisotopic (exact) mass is 753 g/mol. The van der Waals surface area contributed by atoms with Crippen LogP contribution in [0.3, 0.4) is 0 Å². The van der Waals surface area contributed by atoms with E-state index >= 15 is 0 Å². The average molecular weight is 754 g/mol. The third-order valence-corrected chi connectivity index (χ3v) is 11.8. The Kier molecular flexibility index (Phi) is 7.54. The molecule has 0 fully saturated rings. The molecular formula is C56H35NO2. The van der Waals surface area contributed by atoms with Gasteiger partial charge in [0.2, 0.25) is 0 Å². The molecule has 0 aliphatic rings. The summed E-state index contributed by atoms with van der Waals surface area (Å²) in [4.78, 5) is 2.39. The van der Waals surface area contributed by atoms with Crippen LogP contribution in [-0.2, 0) is 0 Å². The van der Waals surface area contributed by atoms with E-state index in [1.54, 1.807) is 0 Å². The van der Waals surface area contributed by atoms with Crippen LogP contribution < -0.4 is 4.90 Å². The lowest BCUT2D eigenvalue weighted by atomic mass is 9.96. The van der Waals surface area contributed by atoms with Gasteiger partial charge >= 0.3 is 0 Å². The number of anilines is 3. The molecule has 59 heavy (non-hydrogen) atoms. The van der Waals surface area contributed by atoms with Gasteiger partial charge in [0.05, 0.1) is 16.8 Å². The molecular weight excluding hydrogens is 719 g/mol. The largest absolute Gasteiger partial charge is 0.456 e. The summed E-state index contributed by atoms with van der Waals surface area (Å²) in [5, 5.41) is 9.24. The van der Waals surface area contributed by atoms with Crippen molar-refractivity contribution in [3.8, 4) is 33.4 Å². The Bertz CT molecular complexity index is 3570. The fourth-order valence-electron chi connectivity index (χ4n) is 8.94. The number of nitrogens with zero attached hydrogens (tertiary/aromatic N) is 1. The Balaban J connectivity index is 1.01. The summed E-state index contributed by atoms with van der Waals surface area (Å²) in [5.74, 6) is 0. The Morgan fingerprint density at radius 3 is 1.73 bits per heavy atom. The highest BCUT2D eigenvalue weighted by Gasteiger charge is 2.22. The molecule has 2 aromatic heterocycles. The minimum atomic E-state index is 0.854. The van der Waals surface area contributed by atoms with Gasteiger partial charge in [0.1, 0.15) is 22.3 Å². The van der Waals surface area contributed by atoms with Crippen molar-refractivity contribution in [2.45, 2.75) is 0 Å². The second-order valence-electron chi connectivity index (χ2n) is 15.3. The van der Waals surface area contributed by atoms with Gasteiger partial charge in [-0.2, -0.15) is 0 Å². The molecule has 12 rings (SSSR count). The molecule has 0 unspecified atom stereocenters. The van der Waals surface area contributed by atoms with Crippen LogP contribution >= 0.6 is 0 Å². The average Bonchev–Trinajstić information content (AvgIpc) is 3.86. The van der Waals surface area contributed by atoms with Gasteiger partial charge in [-0.15, -0.1) is 0 Å². The van der Waals surface area contributed by atoms with Crippen LogP contribution in [0.2, 0.25) is 0 Å². The lowest BCUT2D eigenvalue weighted by Crippen LogP contribution is -2.11. The normalized spacial score (nSPS) is 11.7. The van der Waals surface area contributed by atoms with Gasteiger partial charge in [-0.1, -0.05) is 140 Å². The molecule has 0 saturated carbocycles. The van der Waals surface area contributed by atoms with E-state index in [1.165, 1.54) is 38.2 Å². The van der Waals surface area contributed by atoms with Crippen molar-refractivity contribution in [2.24, 2.45) is 0 Å². The van der Waals surface area contributed by atoms with Crippen LogP contribution in [0.1, 0.15) is 0 Å². The Labute approximate surface area is 340 Å². The second kappa shape index (κ2) is 13.4. The standard InChI is InChI=1S/C56H35NO2/c1-2-12-38-32-43(24-23-36(38)11-1)40-16-9-15-39(31-40)37-25-28-45(29-26-37)57(51-20-10-22-54-56(51)47-18-6-8-21-52(47)58-54)50-19-7-5-17-46(50)44-27-30-53-48(34-44)49-33-41-13-3-4-14-42(41)35-55(49)59-53/h1-35H. The first-order chi connectivity index (χ1) is 29.2. The summed E-state index contributed by atoms with van der Waals surface area (Å²) >= 11 is 0. The van der Waals surface area contributed by atoms with Gasteiger partial charge in [-0.05, 0) is 122 Å². The van der Waals surface area contributed by atoms with E-state index < -0.39 is 0 Å². The van der Waals surface area contributed by atoms with Gasteiger partial charge in [0.15, 0.2) is 0 Å². The highest BCUT2D eigenvalue weighted by atomic mass is 16.3. The smallest absolute Gasteiger partial charge is 0.137 e. The van der Waals surface area contributed by atoms with Crippen molar-refractivity contribution in [1.29, 1.82) is 0 Å². The summed E-state index contributed by atoms with van der Waals surface area (Å²) in [7, 11) is 0. The molecule has 276 valence electrons. The highest BCUT2D eigenvalue weighted by molar-refractivity contribution is 6.15. The van der Waals surface area contributed by atoms with Gasteiger partial charge in [0.25, 0.3) is 0 Å². The number of hydrogen-bond acceptors (Lipinski definition) is 3. The molecule has 3 heteroatoms. The summed E-state index contributed by atoms with van der Waals surface area (Å²) in [5.41, 5.74) is 13.6. The first kappa shape index (κ1) is 33.3. The van der Waals surface area contributed by atoms with Crippen molar-refractivity contribution in [2.75, 3.05) is 4.90 Å². The molecule has 2 heterocycles. The number of fused-ring (bicyclic) bond motifs is 8. The molecule has 0 atom stereocenters. The molecule has 0 spiro atoms. The third-order valence-electron chi connectivity index (χ3n) is 11.8. The molecule has 0 bridgehead atoms. The van der Waals surface area contributed by atoms with Crippen molar-refractivity contribution in [3.63, 3.8) is 0 Å². The molecule has 0 radical (unpaired) electrons. The number of para-hydroxylation sites is 2. The topological polar surface area (TPSA) is 29.5 Å². The zero-order valence-electron chi connectivity index (χ0n) is 32.0. The summed E-state index contributed by atoms with van der Waals surface area (Å²) < 4.78 is 12.9. The van der Waals surface area contributed by atoms with E-state index in [1.807, 2.05) is 12.1 Å². The molecule has 0 amide bonds. The van der Waals surface area contributed by atoms with Crippen molar-refractivity contribution in [1.82, 2.24) is 0 Å². The van der Waals surface area contributed by atoms with Crippen LogP contribution in [0, 0.1) is 0 Å². The molecule has 0 aliphatic carbocycles. The number of furan rings is 2. The summed E-state index contributed by atoms with van der Waals surface area (Å²) in [6, 6.07) is 75.9. The molecule has 0 N–H and O–H groups in total. The predicted molar refractivity (Wildman–Crippen MR) is 247 cm³/mol. The first-order valence-electron chi connectivity index (χ1n) is 20.1. The van der Waals surface area contributed by atoms with E-state index in [9.17, 15) is 0 Å². The van der Waals surface area contributed by atoms with Crippen LogP contribution in [-0.4, -0.2) is 0 Å². The second-order valence-corrected chi connectivity index (χ2v) is 15.3. The van der Waals surface area contributed by atoms with Crippen LogP contribution in [0.5, 0.6) is 0 Å². The quantitative estimate of drug-likeness (QED) is 0.169. The number of hydrogen-bond donors (Lipinski definition) is 0. The molecule has 0 saturated heterocycles. The fourth-order valence-corrected chi connectivity index (χ4v) is 8.94. The van der Waals surface area contributed by atoms with Crippen molar-refractivity contribution >= 4 is 82.5 Å². The Morgan fingerprint density at radius 2 is 0.864 bits per heavy atom. The highest BCUT2D eigenvalue weighted by Crippen LogP contribution is 2.47. The van der Waals surface area contributed by atoms with Crippen LogP contribution in [0.15, 0.2) is 221 Å². The van der Waals surface area contributed by atoms with Gasteiger partial charge in [-0.3, -0.25) is 0 Å². The van der Waals surface area contributed by atoms with E-state index in [0.717, 1.165) is 77.6 Å². The van der Waals surface area contributed by atoms with Gasteiger partial charge in [-0.25, -0.2) is 0 Å². The maximum atomic E-state index is 6.45. The van der Waals surface area contributed by atoms with E-state index in [4.69, 9.17) is 8.83 Å². The molecule has 12 aromatic rings. The Hall–Kier alpha value is -7.88. The zero-order valence-corrected chi connectivity index (χ0v) is 32.0. The number of rotatable bonds is 6. The SMILES string of the molecule is c1cc(-c2ccc(N(c3ccccc3-c3ccc4oc5cc6ccccc6cc5c4c3)c3cccc4oc5ccccc5c34)cc2)cc(-c2ccc3ccccc3c2)c1. The lowest BCUT2D eigenvalue weighted by molar-refractivity contribution is 0.669. The molecule has 10 aromatic carbocycles.